The van der Waals surface area contributed by atoms with Crippen LogP contribution in [0.1, 0.15) is 24.6 Å². The van der Waals surface area contributed by atoms with Crippen molar-refractivity contribution >= 4 is 21.8 Å². The average Bonchev–Trinajstić information content (AvgIpc) is 2.71. The first-order valence-corrected chi connectivity index (χ1v) is 9.03. The highest BCUT2D eigenvalue weighted by Gasteiger charge is 2.25. The minimum atomic E-state index is -3.57. The van der Waals surface area contributed by atoms with Crippen LogP contribution in [0.3, 0.4) is 0 Å². The lowest BCUT2D eigenvalue weighted by Gasteiger charge is -2.15. The van der Waals surface area contributed by atoms with Crippen LogP contribution in [0.15, 0.2) is 5.03 Å². The van der Waals surface area contributed by atoms with Crippen LogP contribution < -0.4 is 10.0 Å². The van der Waals surface area contributed by atoms with E-state index in [1.165, 1.54) is 0 Å². The van der Waals surface area contributed by atoms with Crippen molar-refractivity contribution in [2.45, 2.75) is 37.9 Å². The Morgan fingerprint density at radius 1 is 1.47 bits per heavy atom. The van der Waals surface area contributed by atoms with Crippen molar-refractivity contribution in [3.63, 3.8) is 0 Å². The van der Waals surface area contributed by atoms with Gasteiger partial charge in [-0.05, 0) is 26.6 Å². The fourth-order valence-electron chi connectivity index (χ4n) is 1.75. The van der Waals surface area contributed by atoms with Crippen molar-refractivity contribution in [2.75, 3.05) is 19.1 Å². The van der Waals surface area contributed by atoms with E-state index in [9.17, 15) is 8.42 Å². The number of nitrogens with one attached hydrogen (secondary N) is 3. The SMILES string of the molecule is CCC(CSC)NS(=O)(=O)c1n[nH]c(C)c1CNC. The van der Waals surface area contributed by atoms with Crippen LogP contribution >= 0.6 is 11.8 Å². The first kappa shape index (κ1) is 16.5. The van der Waals surface area contributed by atoms with Gasteiger partial charge in [0.15, 0.2) is 5.03 Å². The van der Waals surface area contributed by atoms with Crippen molar-refractivity contribution < 1.29 is 8.42 Å². The van der Waals surface area contributed by atoms with Gasteiger partial charge < -0.3 is 5.32 Å². The molecule has 6 nitrogen and oxygen atoms in total. The lowest BCUT2D eigenvalue weighted by atomic mass is 10.3. The maximum atomic E-state index is 12.4. The monoisotopic (exact) mass is 306 g/mol. The summed E-state index contributed by atoms with van der Waals surface area (Å²) >= 11 is 1.62. The summed E-state index contributed by atoms with van der Waals surface area (Å²) in [5.41, 5.74) is 1.46. The molecule has 1 unspecified atom stereocenters. The Kier molecular flexibility index (Phi) is 6.31. The summed E-state index contributed by atoms with van der Waals surface area (Å²) in [7, 11) is -1.79. The number of nitrogens with zero attached hydrogens (tertiary/aromatic N) is 1. The molecule has 1 rings (SSSR count). The molecule has 1 aromatic rings. The van der Waals surface area contributed by atoms with Crippen molar-refractivity contribution in [1.29, 1.82) is 0 Å². The van der Waals surface area contributed by atoms with Crippen molar-refractivity contribution in [1.82, 2.24) is 20.2 Å². The van der Waals surface area contributed by atoms with E-state index < -0.39 is 10.0 Å². The number of H-pyrrole nitrogens is 1. The van der Waals surface area contributed by atoms with E-state index in [-0.39, 0.29) is 11.1 Å². The van der Waals surface area contributed by atoms with E-state index in [0.29, 0.717) is 12.1 Å². The largest absolute Gasteiger partial charge is 0.316 e. The third-order valence-electron chi connectivity index (χ3n) is 2.83. The number of rotatable bonds is 8. The van der Waals surface area contributed by atoms with E-state index in [0.717, 1.165) is 17.9 Å². The van der Waals surface area contributed by atoms with E-state index in [1.807, 2.05) is 20.1 Å². The molecule has 0 fully saturated rings. The summed E-state index contributed by atoms with van der Waals surface area (Å²) in [6.45, 7) is 4.25. The van der Waals surface area contributed by atoms with Gasteiger partial charge in [0.2, 0.25) is 0 Å². The van der Waals surface area contributed by atoms with Crippen LogP contribution in [0, 0.1) is 6.92 Å². The van der Waals surface area contributed by atoms with Gasteiger partial charge in [-0.25, -0.2) is 13.1 Å². The zero-order valence-electron chi connectivity index (χ0n) is 11.8. The van der Waals surface area contributed by atoms with Gasteiger partial charge in [0.1, 0.15) is 0 Å². The highest BCUT2D eigenvalue weighted by Crippen LogP contribution is 2.17. The molecule has 0 saturated carbocycles. The zero-order chi connectivity index (χ0) is 14.5. The van der Waals surface area contributed by atoms with Gasteiger partial charge in [0.05, 0.1) is 0 Å². The third-order valence-corrected chi connectivity index (χ3v) is 5.05. The maximum absolute atomic E-state index is 12.4. The summed E-state index contributed by atoms with van der Waals surface area (Å²) in [5.74, 6) is 0.750. The Morgan fingerprint density at radius 3 is 2.68 bits per heavy atom. The predicted octanol–water partition coefficient (Wildman–Crippen LogP) is 0.857. The van der Waals surface area contributed by atoms with Crippen LogP contribution in [-0.2, 0) is 16.6 Å². The van der Waals surface area contributed by atoms with Crippen molar-refractivity contribution in [3.05, 3.63) is 11.3 Å². The van der Waals surface area contributed by atoms with Crippen molar-refractivity contribution in [2.24, 2.45) is 0 Å². The summed E-state index contributed by atoms with van der Waals surface area (Å²) in [4.78, 5) is 0. The summed E-state index contributed by atoms with van der Waals surface area (Å²) < 4.78 is 27.4. The van der Waals surface area contributed by atoms with Gasteiger partial charge in [-0.1, -0.05) is 6.92 Å². The molecule has 1 heterocycles. The minimum absolute atomic E-state index is 0.0700. The first-order valence-electron chi connectivity index (χ1n) is 6.16. The van der Waals surface area contributed by atoms with E-state index in [1.54, 1.807) is 18.8 Å². The van der Waals surface area contributed by atoms with Gasteiger partial charge in [-0.2, -0.15) is 16.9 Å². The third kappa shape index (κ3) is 4.20. The Labute approximate surface area is 119 Å². The lowest BCUT2D eigenvalue weighted by molar-refractivity contribution is 0.552. The smallest absolute Gasteiger partial charge is 0.260 e. The second-order valence-corrected chi connectivity index (χ2v) is 6.88. The topological polar surface area (TPSA) is 86.9 Å². The number of sulfonamides is 1. The molecule has 0 radical (unpaired) electrons. The first-order chi connectivity index (χ1) is 8.96. The highest BCUT2D eigenvalue weighted by atomic mass is 32.2. The fraction of sp³-hybridized carbons (Fsp3) is 0.727. The maximum Gasteiger partial charge on any atom is 0.260 e. The molecular weight excluding hydrogens is 284 g/mol. The molecule has 8 heteroatoms. The molecule has 0 saturated heterocycles. The molecule has 1 aromatic heterocycles. The Bertz CT molecular complexity index is 499. The summed E-state index contributed by atoms with van der Waals surface area (Å²) in [6.07, 6.45) is 2.72. The molecule has 0 aliphatic heterocycles. The van der Waals surface area contributed by atoms with Crippen LogP contribution in [0.4, 0.5) is 0 Å². The molecule has 1 atom stereocenters. The van der Waals surface area contributed by atoms with Crippen molar-refractivity contribution in [3.8, 4) is 0 Å². The average molecular weight is 306 g/mol. The van der Waals surface area contributed by atoms with Crippen LogP contribution in [-0.4, -0.2) is 43.7 Å². The van der Waals surface area contributed by atoms with Crippen LogP contribution in [0.25, 0.3) is 0 Å². The predicted molar refractivity (Wildman–Crippen MR) is 78.9 cm³/mol. The zero-order valence-corrected chi connectivity index (χ0v) is 13.4. The molecule has 0 aliphatic carbocycles. The molecule has 3 N–H and O–H groups in total. The summed E-state index contributed by atoms with van der Waals surface area (Å²) in [5, 5.41) is 9.72. The number of thioether (sulfide) groups is 1. The van der Waals surface area contributed by atoms with Gasteiger partial charge in [-0.15, -0.1) is 0 Å². The molecule has 19 heavy (non-hydrogen) atoms. The van der Waals surface area contributed by atoms with Gasteiger partial charge in [0, 0.05) is 29.6 Å². The number of aryl methyl sites for hydroxylation is 1. The molecule has 0 amide bonds. The standard InChI is InChI=1S/C11H22N4O2S2/c1-5-9(7-18-4)15-19(16,17)11-10(6-12-3)8(2)13-14-11/h9,12,15H,5-7H2,1-4H3,(H,13,14). The van der Waals surface area contributed by atoms with Crippen LogP contribution in [0.5, 0.6) is 0 Å². The van der Waals surface area contributed by atoms with E-state index >= 15 is 0 Å². The quantitative estimate of drug-likeness (QED) is 0.663. The molecule has 0 aromatic carbocycles. The number of hydrogen-bond donors (Lipinski definition) is 3. The van der Waals surface area contributed by atoms with Gasteiger partial charge in [0.25, 0.3) is 10.0 Å². The normalized spacial score (nSPS) is 13.7. The second-order valence-electron chi connectivity index (χ2n) is 4.34. The van der Waals surface area contributed by atoms with Crippen LogP contribution in [0.2, 0.25) is 0 Å². The number of aromatic amines is 1. The second kappa shape index (κ2) is 7.28. The van der Waals surface area contributed by atoms with E-state index in [2.05, 4.69) is 20.2 Å². The fourth-order valence-corrected chi connectivity index (χ4v) is 4.09. The summed E-state index contributed by atoms with van der Waals surface area (Å²) in [6, 6.07) is -0.0700. The Balaban J connectivity index is 2.99. The molecule has 0 bridgehead atoms. The minimum Gasteiger partial charge on any atom is -0.316 e. The number of aromatic nitrogens is 2. The Hall–Kier alpha value is -0.570. The number of hydrogen-bond acceptors (Lipinski definition) is 5. The molecule has 0 aliphatic rings. The van der Waals surface area contributed by atoms with E-state index in [4.69, 9.17) is 0 Å². The lowest BCUT2D eigenvalue weighted by Crippen LogP contribution is -2.36. The Morgan fingerprint density at radius 2 is 2.16 bits per heavy atom. The van der Waals surface area contributed by atoms with Gasteiger partial charge >= 0.3 is 0 Å². The highest BCUT2D eigenvalue weighted by molar-refractivity contribution is 7.98. The molecule has 110 valence electrons. The molecular formula is C11H22N4O2S2. The van der Waals surface area contributed by atoms with Gasteiger partial charge in [-0.3, -0.25) is 5.10 Å². The molecule has 0 spiro atoms.